The summed E-state index contributed by atoms with van der Waals surface area (Å²) in [5.74, 6) is -1.00. The predicted molar refractivity (Wildman–Crippen MR) is 208 cm³/mol. The molecule has 0 unspecified atom stereocenters. The first kappa shape index (κ1) is 39.1. The molecule has 2 aliphatic rings. The number of aliphatic carboxylic acids is 1. The fourth-order valence-electron chi connectivity index (χ4n) is 6.50. The molecule has 288 valence electrons. The van der Waals surface area contributed by atoms with Crippen molar-refractivity contribution in [1.29, 1.82) is 0 Å². The van der Waals surface area contributed by atoms with Crippen molar-refractivity contribution < 1.29 is 34.6 Å². The van der Waals surface area contributed by atoms with Crippen LogP contribution < -0.4 is 24.6 Å². The summed E-state index contributed by atoms with van der Waals surface area (Å²) in [7, 11) is 0. The van der Waals surface area contributed by atoms with Crippen LogP contribution in [0.4, 0.5) is 11.4 Å². The Kier molecular flexibility index (Phi) is 12.5. The normalized spacial score (nSPS) is 14.3. The number of halogens is 2. The van der Waals surface area contributed by atoms with E-state index in [0.717, 1.165) is 81.0 Å². The number of carbonyl (C=O) groups is 2. The molecule has 55 heavy (non-hydrogen) atoms. The van der Waals surface area contributed by atoms with Crippen LogP contribution in [0.5, 0.6) is 0 Å². The molecule has 0 radical (unpaired) electrons. The highest BCUT2D eigenvalue weighted by atomic mass is 35.5. The molecule has 6 aromatic rings. The number of anilines is 2. The van der Waals surface area contributed by atoms with Gasteiger partial charge >= 0.3 is 17.3 Å². The molecule has 2 aliphatic heterocycles. The highest BCUT2D eigenvalue weighted by Gasteiger charge is 2.26. The number of pyridine rings is 2. The third-order valence-corrected chi connectivity index (χ3v) is 10.3. The molecule has 6 heterocycles. The van der Waals surface area contributed by atoms with E-state index in [1.807, 2.05) is 43.0 Å². The molecule has 15 nitrogen and oxygen atoms in total. The van der Waals surface area contributed by atoms with Gasteiger partial charge in [0, 0.05) is 73.8 Å². The number of hydrogen-bond donors (Lipinski definition) is 4. The zero-order valence-electron chi connectivity index (χ0n) is 30.6. The summed E-state index contributed by atoms with van der Waals surface area (Å²) in [6.07, 6.45) is 6.10. The summed E-state index contributed by atoms with van der Waals surface area (Å²) in [5, 5.41) is 42.5. The predicted octanol–water partition coefficient (Wildman–Crippen LogP) is 3.58. The SMILES string of the molecule is Cc1cc(N2CCN(C(=O)Cn3ncc4ccc[n+](O)c43)CC2)ccc1Cl.Cc1cc(N2CCNCC2)ccc1Cl.O=C(O)Cn1ncc2ccc[n+](O)c21. The van der Waals surface area contributed by atoms with Crippen molar-refractivity contribution in [1.82, 2.24) is 29.8 Å². The number of nitrogens with one attached hydrogen (secondary N) is 1. The molecule has 4 N–H and O–H groups in total. The molecule has 0 aliphatic carbocycles. The lowest BCUT2D eigenvalue weighted by atomic mass is 10.2. The van der Waals surface area contributed by atoms with Crippen LogP contribution in [0.1, 0.15) is 11.1 Å². The number of amides is 1. The van der Waals surface area contributed by atoms with E-state index in [0.29, 0.717) is 29.8 Å². The largest absolute Gasteiger partial charge is 0.478 e. The second kappa shape index (κ2) is 17.7. The number of aromatic nitrogens is 6. The highest BCUT2D eigenvalue weighted by Crippen LogP contribution is 2.24. The second-order valence-electron chi connectivity index (χ2n) is 13.2. The minimum absolute atomic E-state index is 0.00390. The summed E-state index contributed by atoms with van der Waals surface area (Å²) in [5.41, 5.74) is 5.51. The van der Waals surface area contributed by atoms with Gasteiger partial charge in [0.15, 0.2) is 6.54 Å². The van der Waals surface area contributed by atoms with E-state index in [2.05, 4.69) is 43.5 Å². The number of rotatable bonds is 6. The molecule has 2 fully saturated rings. The average Bonchev–Trinajstić information content (AvgIpc) is 3.80. The van der Waals surface area contributed by atoms with Crippen LogP contribution in [0.2, 0.25) is 10.0 Å². The number of nitrogens with zero attached hydrogens (tertiary/aromatic N) is 9. The zero-order valence-corrected chi connectivity index (χ0v) is 32.1. The Morgan fingerprint density at radius 3 is 1.65 bits per heavy atom. The molecule has 0 saturated carbocycles. The van der Waals surface area contributed by atoms with Crippen LogP contribution in [-0.4, -0.2) is 104 Å². The van der Waals surface area contributed by atoms with E-state index < -0.39 is 5.97 Å². The van der Waals surface area contributed by atoms with Crippen LogP contribution in [0, 0.1) is 13.8 Å². The minimum atomic E-state index is -1.00. The summed E-state index contributed by atoms with van der Waals surface area (Å²) in [6.45, 7) is 11.0. The molecule has 1 amide bonds. The Balaban J connectivity index is 0.000000155. The maximum atomic E-state index is 12.7. The van der Waals surface area contributed by atoms with Crippen molar-refractivity contribution in [3.05, 3.63) is 107 Å². The first-order chi connectivity index (χ1) is 26.5. The summed E-state index contributed by atoms with van der Waals surface area (Å²) in [4.78, 5) is 29.7. The van der Waals surface area contributed by atoms with Crippen LogP contribution in [-0.2, 0) is 22.7 Å². The fourth-order valence-corrected chi connectivity index (χ4v) is 6.73. The third-order valence-electron chi connectivity index (χ3n) is 9.45. The maximum Gasteiger partial charge on any atom is 0.350 e. The topological polar surface area (TPSA) is 160 Å². The lowest BCUT2D eigenvalue weighted by Gasteiger charge is -2.36. The van der Waals surface area contributed by atoms with E-state index in [1.165, 1.54) is 33.6 Å². The van der Waals surface area contributed by atoms with Gasteiger partial charge < -0.3 is 35.5 Å². The van der Waals surface area contributed by atoms with Crippen molar-refractivity contribution in [2.24, 2.45) is 0 Å². The second-order valence-corrected chi connectivity index (χ2v) is 14.0. The fraction of sp³-hybridized carbons (Fsp3) is 0.316. The lowest BCUT2D eigenvalue weighted by molar-refractivity contribution is -0.886. The van der Waals surface area contributed by atoms with Gasteiger partial charge in [-0.05, 0) is 95.1 Å². The van der Waals surface area contributed by atoms with E-state index in [4.69, 9.17) is 28.3 Å². The molecule has 2 aromatic carbocycles. The molecule has 4 aromatic heterocycles. The number of carboxylic acid groups (broad SMARTS) is 1. The van der Waals surface area contributed by atoms with Gasteiger partial charge in [-0.2, -0.15) is 0 Å². The van der Waals surface area contributed by atoms with Crippen molar-refractivity contribution >= 4 is 68.5 Å². The minimum Gasteiger partial charge on any atom is -0.478 e. The zero-order chi connectivity index (χ0) is 39.1. The van der Waals surface area contributed by atoms with E-state index >= 15 is 0 Å². The van der Waals surface area contributed by atoms with Crippen molar-refractivity contribution in [2.75, 3.05) is 62.2 Å². The number of aryl methyl sites for hydroxylation is 2. The molecular weight excluding hydrogens is 747 g/mol. The van der Waals surface area contributed by atoms with Crippen LogP contribution in [0.15, 0.2) is 85.5 Å². The van der Waals surface area contributed by atoms with Gasteiger partial charge in [-0.1, -0.05) is 33.4 Å². The molecule has 17 heteroatoms. The number of hydrogen-bond acceptors (Lipinski definition) is 9. The quantitative estimate of drug-likeness (QED) is 0.145. The van der Waals surface area contributed by atoms with E-state index in [1.54, 1.807) is 24.4 Å². The van der Waals surface area contributed by atoms with Gasteiger partial charge in [-0.25, -0.2) is 4.79 Å². The van der Waals surface area contributed by atoms with Gasteiger partial charge in [-0.15, -0.1) is 9.36 Å². The number of piperazine rings is 2. The number of benzene rings is 2. The van der Waals surface area contributed by atoms with Crippen LogP contribution in [0.25, 0.3) is 22.1 Å². The number of carboxylic acids is 1. The smallest absolute Gasteiger partial charge is 0.350 e. The number of fused-ring (bicyclic) bond motifs is 2. The van der Waals surface area contributed by atoms with Crippen molar-refractivity contribution in [2.45, 2.75) is 26.9 Å². The number of carbonyl (C=O) groups excluding carboxylic acids is 1. The van der Waals surface area contributed by atoms with Crippen molar-refractivity contribution in [3.63, 3.8) is 0 Å². The molecule has 0 spiro atoms. The standard InChI is InChI=1S/C19H21ClN5O2.C11H15ClN2.C8H7N3O3/c1-14-11-16(4-5-17(14)20)22-7-9-23(10-8-22)18(26)13-24-19-15(12-21-24)3-2-6-25(19)27;1-9-8-10(2-3-11(9)12)14-6-4-13-5-7-14;12-7(13)5-10-8-6(4-9-10)2-1-3-11(8)14/h2-6,11-12,27H,7-10,13H2,1H3;2-3,8,13H,4-7H2,1H3;1-4H,5H2,(H-,12,13,14)/q+1;;/p+1. The summed E-state index contributed by atoms with van der Waals surface area (Å²) < 4.78 is 4.60. The molecule has 0 bridgehead atoms. The first-order valence-corrected chi connectivity index (χ1v) is 18.6. The van der Waals surface area contributed by atoms with E-state index in [9.17, 15) is 20.0 Å². The van der Waals surface area contributed by atoms with E-state index in [-0.39, 0.29) is 19.0 Å². The molecule has 0 atom stereocenters. The monoisotopic (exact) mass is 790 g/mol. The average molecular weight is 792 g/mol. The molecule has 8 rings (SSSR count). The Bertz CT molecular complexity index is 2280. The maximum absolute atomic E-state index is 12.7. The Hall–Kier alpha value is -5.64. The van der Waals surface area contributed by atoms with Gasteiger partial charge in [-0.3, -0.25) is 4.79 Å². The summed E-state index contributed by atoms with van der Waals surface area (Å²) >= 11 is 12.1. The first-order valence-electron chi connectivity index (χ1n) is 17.8. The Morgan fingerprint density at radius 1 is 0.709 bits per heavy atom. The Morgan fingerprint density at radius 2 is 1.18 bits per heavy atom. The third kappa shape index (κ3) is 9.54. The van der Waals surface area contributed by atoms with Crippen LogP contribution >= 0.6 is 23.2 Å². The Labute approximate surface area is 327 Å². The molecule has 2 saturated heterocycles. The van der Waals surface area contributed by atoms with Gasteiger partial charge in [0.05, 0.1) is 23.2 Å². The van der Waals surface area contributed by atoms with Gasteiger partial charge in [0.25, 0.3) is 5.91 Å². The lowest BCUT2D eigenvalue weighted by Crippen LogP contribution is -2.49. The van der Waals surface area contributed by atoms with Crippen molar-refractivity contribution in [3.8, 4) is 0 Å². The summed E-state index contributed by atoms with van der Waals surface area (Å²) in [6, 6.07) is 19.2. The van der Waals surface area contributed by atoms with Crippen LogP contribution in [0.3, 0.4) is 0 Å². The highest BCUT2D eigenvalue weighted by molar-refractivity contribution is 6.31. The molecular formula is C38H44Cl2N10O5+2. The van der Waals surface area contributed by atoms with Gasteiger partial charge in [0.1, 0.15) is 12.4 Å². The van der Waals surface area contributed by atoms with Gasteiger partial charge in [0.2, 0.25) is 6.54 Å².